The Hall–Kier alpha value is -1.65. The van der Waals surface area contributed by atoms with Crippen LogP contribution in [0.3, 0.4) is 0 Å². The number of benzene rings is 1. The highest BCUT2D eigenvalue weighted by molar-refractivity contribution is 5.79. The van der Waals surface area contributed by atoms with Crippen molar-refractivity contribution >= 4 is 17.0 Å². The zero-order valence-electron chi connectivity index (χ0n) is 10.2. The van der Waals surface area contributed by atoms with Crippen molar-refractivity contribution < 1.29 is 8.78 Å². The van der Waals surface area contributed by atoms with Crippen LogP contribution < -0.4 is 5.73 Å². The first-order valence-electron chi connectivity index (χ1n) is 6.21. The summed E-state index contributed by atoms with van der Waals surface area (Å²) < 4.78 is 29.1. The minimum absolute atomic E-state index is 0.187. The van der Waals surface area contributed by atoms with E-state index in [0.717, 1.165) is 31.7 Å². The van der Waals surface area contributed by atoms with Crippen LogP contribution in [0.15, 0.2) is 12.1 Å². The van der Waals surface area contributed by atoms with E-state index in [0.29, 0.717) is 5.52 Å². The van der Waals surface area contributed by atoms with Gasteiger partial charge in [-0.05, 0) is 37.8 Å². The molecule has 5 heteroatoms. The molecule has 1 aromatic heterocycles. The Bertz CT molecular complexity index is 609. The molecular weight excluding hydrogens is 236 g/mol. The maximum absolute atomic E-state index is 14.0. The van der Waals surface area contributed by atoms with Gasteiger partial charge in [-0.2, -0.15) is 0 Å². The average molecular weight is 251 g/mol. The normalized spacial score (nSPS) is 17.9. The van der Waals surface area contributed by atoms with Crippen LogP contribution in [0, 0.1) is 11.6 Å². The highest BCUT2D eigenvalue weighted by atomic mass is 19.2. The molecule has 2 aromatic rings. The number of fused-ring (bicyclic) bond motifs is 1. The fraction of sp³-hybridized carbons (Fsp3) is 0.462. The third-order valence-electron chi connectivity index (χ3n) is 4.15. The van der Waals surface area contributed by atoms with Gasteiger partial charge < -0.3 is 10.3 Å². The van der Waals surface area contributed by atoms with Crippen molar-refractivity contribution in [2.24, 2.45) is 0 Å². The van der Waals surface area contributed by atoms with Gasteiger partial charge >= 0.3 is 0 Å². The SMILES string of the molecule is CCC1(n2c(N)nc3ccc(F)c(F)c32)CCC1. The van der Waals surface area contributed by atoms with E-state index in [1.807, 2.05) is 6.92 Å². The van der Waals surface area contributed by atoms with Gasteiger partial charge in [-0.15, -0.1) is 0 Å². The quantitative estimate of drug-likeness (QED) is 0.890. The van der Waals surface area contributed by atoms with Crippen molar-refractivity contribution in [2.45, 2.75) is 38.1 Å². The van der Waals surface area contributed by atoms with E-state index in [9.17, 15) is 8.78 Å². The monoisotopic (exact) mass is 251 g/mol. The number of aromatic nitrogens is 2. The molecule has 0 aliphatic heterocycles. The first-order chi connectivity index (χ1) is 8.59. The number of imidazole rings is 1. The molecular formula is C13H15F2N3. The second-order valence-corrected chi connectivity index (χ2v) is 4.97. The fourth-order valence-electron chi connectivity index (χ4n) is 2.92. The van der Waals surface area contributed by atoms with Crippen molar-refractivity contribution in [3.05, 3.63) is 23.8 Å². The van der Waals surface area contributed by atoms with E-state index in [2.05, 4.69) is 4.98 Å². The molecule has 1 saturated carbocycles. The number of anilines is 1. The van der Waals surface area contributed by atoms with Crippen LogP contribution in [0.4, 0.5) is 14.7 Å². The fourth-order valence-corrected chi connectivity index (χ4v) is 2.92. The lowest BCUT2D eigenvalue weighted by atomic mass is 9.74. The zero-order valence-corrected chi connectivity index (χ0v) is 10.2. The summed E-state index contributed by atoms with van der Waals surface area (Å²) in [5.41, 5.74) is 6.34. The molecule has 1 aromatic carbocycles. The highest BCUT2D eigenvalue weighted by Crippen LogP contribution is 2.45. The van der Waals surface area contributed by atoms with E-state index in [1.165, 1.54) is 6.07 Å². The van der Waals surface area contributed by atoms with E-state index in [-0.39, 0.29) is 17.0 Å². The average Bonchev–Trinajstić information content (AvgIpc) is 2.62. The molecule has 0 bridgehead atoms. The predicted octanol–water partition coefficient (Wildman–Crippen LogP) is 3.19. The molecule has 0 amide bonds. The lowest BCUT2D eigenvalue weighted by Crippen LogP contribution is -2.40. The van der Waals surface area contributed by atoms with Gasteiger partial charge in [0.1, 0.15) is 5.52 Å². The summed E-state index contributed by atoms with van der Waals surface area (Å²) in [6, 6.07) is 2.57. The third kappa shape index (κ3) is 1.30. The van der Waals surface area contributed by atoms with Gasteiger partial charge in [0, 0.05) is 5.54 Å². The molecule has 0 spiro atoms. The molecule has 18 heavy (non-hydrogen) atoms. The van der Waals surface area contributed by atoms with Crippen molar-refractivity contribution in [3.8, 4) is 0 Å². The maximum atomic E-state index is 14.0. The van der Waals surface area contributed by atoms with E-state index >= 15 is 0 Å². The van der Waals surface area contributed by atoms with Gasteiger partial charge in [0.25, 0.3) is 0 Å². The Balaban J connectivity index is 2.34. The van der Waals surface area contributed by atoms with Crippen molar-refractivity contribution in [3.63, 3.8) is 0 Å². The summed E-state index contributed by atoms with van der Waals surface area (Å²) >= 11 is 0. The van der Waals surface area contributed by atoms with E-state index in [1.54, 1.807) is 4.57 Å². The summed E-state index contributed by atoms with van der Waals surface area (Å²) in [6.07, 6.45) is 3.81. The van der Waals surface area contributed by atoms with Gasteiger partial charge in [-0.25, -0.2) is 13.8 Å². The molecule has 0 radical (unpaired) electrons. The molecule has 3 rings (SSSR count). The summed E-state index contributed by atoms with van der Waals surface area (Å²) in [5, 5.41) is 0. The Morgan fingerprint density at radius 1 is 1.39 bits per heavy atom. The molecule has 0 unspecified atom stereocenters. The van der Waals surface area contributed by atoms with E-state index < -0.39 is 11.6 Å². The Labute approximate surface area is 104 Å². The topological polar surface area (TPSA) is 43.8 Å². The maximum Gasteiger partial charge on any atom is 0.201 e. The number of rotatable bonds is 2. The molecule has 1 heterocycles. The summed E-state index contributed by atoms with van der Waals surface area (Å²) in [7, 11) is 0. The Morgan fingerprint density at radius 2 is 2.11 bits per heavy atom. The summed E-state index contributed by atoms with van der Waals surface area (Å²) in [5.74, 6) is -1.43. The lowest BCUT2D eigenvalue weighted by Gasteiger charge is -2.43. The number of hydrogen-bond acceptors (Lipinski definition) is 2. The second-order valence-electron chi connectivity index (χ2n) is 4.97. The number of halogens is 2. The molecule has 1 aliphatic rings. The number of nitrogen functional groups attached to an aromatic ring is 1. The zero-order chi connectivity index (χ0) is 12.9. The van der Waals surface area contributed by atoms with Crippen LogP contribution in [0.5, 0.6) is 0 Å². The first-order valence-corrected chi connectivity index (χ1v) is 6.21. The van der Waals surface area contributed by atoms with Gasteiger partial charge in [-0.1, -0.05) is 6.92 Å². The van der Waals surface area contributed by atoms with Gasteiger partial charge in [-0.3, -0.25) is 0 Å². The largest absolute Gasteiger partial charge is 0.369 e. The smallest absolute Gasteiger partial charge is 0.201 e. The molecule has 1 aliphatic carbocycles. The van der Waals surface area contributed by atoms with Gasteiger partial charge in [0.2, 0.25) is 5.95 Å². The molecule has 0 atom stereocenters. The molecule has 2 N–H and O–H groups in total. The molecule has 0 saturated heterocycles. The van der Waals surface area contributed by atoms with Crippen LogP contribution >= 0.6 is 0 Å². The van der Waals surface area contributed by atoms with E-state index in [4.69, 9.17) is 5.73 Å². The molecule has 96 valence electrons. The van der Waals surface area contributed by atoms with Crippen molar-refractivity contribution in [1.29, 1.82) is 0 Å². The summed E-state index contributed by atoms with van der Waals surface area (Å²) in [6.45, 7) is 2.04. The standard InChI is InChI=1S/C13H15F2N3/c1-2-13(6-3-7-13)18-11-9(17-12(18)16)5-4-8(14)10(11)15/h4-5H,2-3,6-7H2,1H3,(H2,16,17). The predicted molar refractivity (Wildman–Crippen MR) is 66.2 cm³/mol. The molecule has 3 nitrogen and oxygen atoms in total. The highest BCUT2D eigenvalue weighted by Gasteiger charge is 2.40. The van der Waals surface area contributed by atoms with Crippen molar-refractivity contribution in [2.75, 3.05) is 5.73 Å². The third-order valence-corrected chi connectivity index (χ3v) is 4.15. The summed E-state index contributed by atoms with van der Waals surface area (Å²) in [4.78, 5) is 4.15. The second kappa shape index (κ2) is 3.67. The van der Waals surface area contributed by atoms with Gasteiger partial charge in [0.05, 0.1) is 5.52 Å². The van der Waals surface area contributed by atoms with Crippen LogP contribution in [0.1, 0.15) is 32.6 Å². The first kappa shape index (κ1) is 11.4. The van der Waals surface area contributed by atoms with Gasteiger partial charge in [0.15, 0.2) is 11.6 Å². The molecule has 1 fully saturated rings. The van der Waals surface area contributed by atoms with Crippen LogP contribution in [0.2, 0.25) is 0 Å². The number of hydrogen-bond donors (Lipinski definition) is 1. The minimum atomic E-state index is -0.853. The Morgan fingerprint density at radius 3 is 2.67 bits per heavy atom. The van der Waals surface area contributed by atoms with Crippen molar-refractivity contribution in [1.82, 2.24) is 9.55 Å². The number of nitrogens with two attached hydrogens (primary N) is 1. The number of nitrogens with zero attached hydrogens (tertiary/aromatic N) is 2. The van der Waals surface area contributed by atoms with Crippen LogP contribution in [0.25, 0.3) is 11.0 Å². The van der Waals surface area contributed by atoms with Crippen LogP contribution in [-0.2, 0) is 5.54 Å². The minimum Gasteiger partial charge on any atom is -0.369 e. The van der Waals surface area contributed by atoms with Crippen LogP contribution in [-0.4, -0.2) is 9.55 Å². The lowest BCUT2D eigenvalue weighted by molar-refractivity contribution is 0.144. The Kier molecular flexibility index (Phi) is 2.33.